The number of nitrogens with one attached hydrogen (secondary N) is 1. The van der Waals surface area contributed by atoms with Gasteiger partial charge in [0, 0.05) is 24.2 Å². The molecule has 1 N–H and O–H groups in total. The number of aromatic nitrogens is 4. The Morgan fingerprint density at radius 2 is 2.13 bits per heavy atom. The average molecular weight is 324 g/mol. The zero-order chi connectivity index (χ0) is 16.8. The fourth-order valence-corrected chi connectivity index (χ4v) is 2.97. The van der Waals surface area contributed by atoms with Gasteiger partial charge in [-0.1, -0.05) is 0 Å². The topological polar surface area (TPSA) is 71.5 Å². The van der Waals surface area contributed by atoms with Crippen LogP contribution in [-0.2, 0) is 6.54 Å². The van der Waals surface area contributed by atoms with Crippen molar-refractivity contribution in [2.75, 3.05) is 5.32 Å². The molecule has 0 fully saturated rings. The van der Waals surface area contributed by atoms with Gasteiger partial charge in [0.25, 0.3) is 0 Å². The zero-order valence-corrected chi connectivity index (χ0v) is 12.6. The Bertz CT molecular complexity index is 767. The van der Waals surface area contributed by atoms with E-state index >= 15 is 0 Å². The van der Waals surface area contributed by atoms with Gasteiger partial charge in [-0.25, -0.2) is 4.68 Å². The molecule has 1 aliphatic heterocycles. The van der Waals surface area contributed by atoms with Crippen molar-refractivity contribution in [3.05, 3.63) is 29.2 Å². The number of hydrogen-bond donors (Lipinski definition) is 1. The first-order chi connectivity index (χ1) is 10.9. The molecule has 0 radical (unpaired) electrons. The van der Waals surface area contributed by atoms with Crippen LogP contribution in [-0.4, -0.2) is 25.7 Å². The average Bonchev–Trinajstić information content (AvgIpc) is 3.07. The molecule has 0 bridgehead atoms. The molecule has 0 aromatic carbocycles. The predicted octanol–water partition coefficient (Wildman–Crippen LogP) is 2.94. The van der Waals surface area contributed by atoms with Crippen molar-refractivity contribution in [2.24, 2.45) is 0 Å². The molecule has 3 rings (SSSR count). The van der Waals surface area contributed by atoms with Crippen LogP contribution in [0.3, 0.4) is 0 Å². The first-order valence-corrected chi connectivity index (χ1v) is 7.20. The number of fused-ring (bicyclic) bond motifs is 1. The molecule has 0 amide bonds. The van der Waals surface area contributed by atoms with Crippen molar-refractivity contribution in [3.63, 3.8) is 0 Å². The van der Waals surface area contributed by atoms with E-state index in [1.54, 1.807) is 10.9 Å². The van der Waals surface area contributed by atoms with Crippen LogP contribution >= 0.6 is 0 Å². The van der Waals surface area contributed by atoms with Crippen LogP contribution in [0.4, 0.5) is 19.0 Å². The van der Waals surface area contributed by atoms with E-state index in [1.807, 2.05) is 19.9 Å². The summed E-state index contributed by atoms with van der Waals surface area (Å²) in [5, 5.41) is 20.0. The second-order valence-electron chi connectivity index (χ2n) is 5.45. The van der Waals surface area contributed by atoms with E-state index < -0.39 is 18.3 Å². The number of nitriles is 1. The lowest BCUT2D eigenvalue weighted by Crippen LogP contribution is -2.36. The third kappa shape index (κ3) is 2.44. The monoisotopic (exact) mass is 324 g/mol. The number of rotatable bonds is 2. The number of hydrogen-bond acceptors (Lipinski definition) is 4. The van der Waals surface area contributed by atoms with Gasteiger partial charge in [-0.3, -0.25) is 4.68 Å². The highest BCUT2D eigenvalue weighted by molar-refractivity contribution is 5.54. The van der Waals surface area contributed by atoms with Gasteiger partial charge >= 0.3 is 6.18 Å². The van der Waals surface area contributed by atoms with Gasteiger partial charge in [0.15, 0.2) is 6.04 Å². The molecule has 1 aliphatic rings. The molecule has 2 unspecified atom stereocenters. The molecule has 122 valence electrons. The lowest BCUT2D eigenvalue weighted by Gasteiger charge is -2.33. The summed E-state index contributed by atoms with van der Waals surface area (Å²) in [7, 11) is 0. The van der Waals surface area contributed by atoms with Crippen LogP contribution < -0.4 is 5.32 Å². The maximum atomic E-state index is 13.4. The first kappa shape index (κ1) is 15.4. The summed E-state index contributed by atoms with van der Waals surface area (Å²) in [4.78, 5) is 0. The summed E-state index contributed by atoms with van der Waals surface area (Å²) < 4.78 is 42.8. The van der Waals surface area contributed by atoms with E-state index in [4.69, 9.17) is 5.26 Å². The van der Waals surface area contributed by atoms with Crippen molar-refractivity contribution in [1.29, 1.82) is 5.26 Å². The Labute approximate surface area is 130 Å². The van der Waals surface area contributed by atoms with E-state index in [0.29, 0.717) is 12.1 Å². The number of halogens is 3. The van der Waals surface area contributed by atoms with Crippen LogP contribution in [0.5, 0.6) is 0 Å². The minimum Gasteiger partial charge on any atom is -0.362 e. The number of anilines is 1. The fraction of sp³-hybridized carbons (Fsp3) is 0.500. The van der Waals surface area contributed by atoms with E-state index in [-0.39, 0.29) is 17.8 Å². The molecule has 2 aromatic rings. The Kier molecular flexibility index (Phi) is 3.55. The molecular formula is C14H15F3N6. The Balaban J connectivity index is 2.06. The molecule has 3 heterocycles. The summed E-state index contributed by atoms with van der Waals surface area (Å²) >= 11 is 0. The van der Waals surface area contributed by atoms with Crippen LogP contribution in [0.2, 0.25) is 0 Å². The lowest BCUT2D eigenvalue weighted by molar-refractivity contribution is -0.173. The molecule has 9 heteroatoms. The van der Waals surface area contributed by atoms with E-state index in [1.165, 1.54) is 0 Å². The first-order valence-electron chi connectivity index (χ1n) is 7.20. The normalized spacial score (nSPS) is 20.7. The Morgan fingerprint density at radius 3 is 2.70 bits per heavy atom. The van der Waals surface area contributed by atoms with Crippen molar-refractivity contribution in [3.8, 4) is 6.07 Å². The van der Waals surface area contributed by atoms with E-state index in [2.05, 4.69) is 15.5 Å². The number of nitrogens with zero attached hydrogens (tertiary/aromatic N) is 5. The smallest absolute Gasteiger partial charge is 0.362 e. The van der Waals surface area contributed by atoms with Crippen LogP contribution in [0.1, 0.15) is 42.2 Å². The van der Waals surface area contributed by atoms with Crippen molar-refractivity contribution < 1.29 is 13.2 Å². The van der Waals surface area contributed by atoms with Crippen LogP contribution in [0.15, 0.2) is 12.4 Å². The predicted molar refractivity (Wildman–Crippen MR) is 75.7 cm³/mol. The van der Waals surface area contributed by atoms with Gasteiger partial charge in [-0.15, -0.1) is 0 Å². The quantitative estimate of drug-likeness (QED) is 0.922. The van der Waals surface area contributed by atoms with E-state index in [0.717, 1.165) is 16.6 Å². The van der Waals surface area contributed by atoms with Crippen molar-refractivity contribution >= 4 is 5.82 Å². The van der Waals surface area contributed by atoms with Gasteiger partial charge in [0.05, 0.1) is 18.4 Å². The molecule has 6 nitrogen and oxygen atoms in total. The molecular weight excluding hydrogens is 309 g/mol. The van der Waals surface area contributed by atoms with Crippen LogP contribution in [0, 0.1) is 18.3 Å². The minimum atomic E-state index is -4.44. The zero-order valence-electron chi connectivity index (χ0n) is 12.6. The minimum absolute atomic E-state index is 0.101. The van der Waals surface area contributed by atoms with Crippen LogP contribution in [0.25, 0.3) is 0 Å². The van der Waals surface area contributed by atoms with Gasteiger partial charge < -0.3 is 5.32 Å². The largest absolute Gasteiger partial charge is 0.410 e. The lowest BCUT2D eigenvalue weighted by atomic mass is 9.97. The van der Waals surface area contributed by atoms with Crippen molar-refractivity contribution in [1.82, 2.24) is 19.6 Å². The molecule has 2 atom stereocenters. The summed E-state index contributed by atoms with van der Waals surface area (Å²) in [6.45, 7) is 4.38. The molecule has 0 spiro atoms. The highest BCUT2D eigenvalue weighted by Gasteiger charge is 2.47. The number of alkyl halides is 3. The summed E-state index contributed by atoms with van der Waals surface area (Å²) in [5.41, 5.74) is 1.62. The number of aryl methyl sites for hydroxylation is 1. The maximum Gasteiger partial charge on any atom is 0.410 e. The molecule has 0 saturated heterocycles. The summed E-state index contributed by atoms with van der Waals surface area (Å²) in [5.74, 6) is 0.106. The fourth-order valence-electron chi connectivity index (χ4n) is 2.97. The Hall–Kier alpha value is -2.50. The maximum absolute atomic E-state index is 13.4. The Morgan fingerprint density at radius 1 is 1.39 bits per heavy atom. The summed E-state index contributed by atoms with van der Waals surface area (Å²) in [6, 6.07) is -0.463. The molecule has 2 aromatic heterocycles. The second-order valence-corrected chi connectivity index (χ2v) is 5.45. The van der Waals surface area contributed by atoms with Crippen molar-refractivity contribution in [2.45, 2.75) is 45.1 Å². The third-order valence-electron chi connectivity index (χ3n) is 4.17. The summed E-state index contributed by atoms with van der Waals surface area (Å²) in [6.07, 6.45) is -1.89. The molecule has 0 aliphatic carbocycles. The SMILES string of the molecule is CCn1ncc(C2CC(C(F)(F)F)n3ncc(C#N)c3N2)c1C. The van der Waals surface area contributed by atoms with Gasteiger partial charge in [-0.2, -0.15) is 28.6 Å². The third-order valence-corrected chi connectivity index (χ3v) is 4.17. The molecule has 23 heavy (non-hydrogen) atoms. The molecule has 0 saturated carbocycles. The van der Waals surface area contributed by atoms with Gasteiger partial charge in [0.1, 0.15) is 17.5 Å². The van der Waals surface area contributed by atoms with Gasteiger partial charge in [0.2, 0.25) is 0 Å². The second kappa shape index (κ2) is 5.30. The highest BCUT2D eigenvalue weighted by Crippen LogP contribution is 2.44. The van der Waals surface area contributed by atoms with E-state index in [9.17, 15) is 13.2 Å². The van der Waals surface area contributed by atoms with Gasteiger partial charge in [-0.05, 0) is 13.8 Å². The standard InChI is InChI=1S/C14H15F3N6/c1-3-22-8(2)10(7-19-22)11-4-12(14(15,16)17)23-13(21-11)9(5-18)6-20-23/h6-7,11-12,21H,3-4H2,1-2H3. The highest BCUT2D eigenvalue weighted by atomic mass is 19.4.